The van der Waals surface area contributed by atoms with E-state index < -0.39 is 11.9 Å². The molecule has 1 aliphatic rings. The van der Waals surface area contributed by atoms with Crippen molar-refractivity contribution in [1.29, 1.82) is 0 Å². The van der Waals surface area contributed by atoms with Gasteiger partial charge in [-0.15, -0.1) is 0 Å². The quantitative estimate of drug-likeness (QED) is 0.882. The zero-order chi connectivity index (χ0) is 14.7. The molecule has 20 heavy (non-hydrogen) atoms. The van der Waals surface area contributed by atoms with Gasteiger partial charge in [-0.3, -0.25) is 4.79 Å². The number of nitrogens with one attached hydrogen (secondary N) is 1. The number of anilines is 2. The maximum Gasteiger partial charge on any atom is 0.321 e. The van der Waals surface area contributed by atoms with E-state index in [1.165, 1.54) is 0 Å². The van der Waals surface area contributed by atoms with Gasteiger partial charge >= 0.3 is 12.0 Å². The molecule has 0 saturated carbocycles. The third kappa shape index (κ3) is 3.20. The largest absolute Gasteiger partial charge is 0.481 e. The van der Waals surface area contributed by atoms with Crippen LogP contribution in [0.4, 0.5) is 16.2 Å². The lowest BCUT2D eigenvalue weighted by Gasteiger charge is -2.18. The fourth-order valence-electron chi connectivity index (χ4n) is 2.21. The molecule has 0 radical (unpaired) electrons. The third-order valence-corrected chi connectivity index (χ3v) is 3.44. The van der Waals surface area contributed by atoms with E-state index in [-0.39, 0.29) is 12.6 Å². The van der Waals surface area contributed by atoms with Gasteiger partial charge in [0.25, 0.3) is 0 Å². The van der Waals surface area contributed by atoms with Crippen molar-refractivity contribution < 1.29 is 14.7 Å². The number of carboxylic acids is 1. The summed E-state index contributed by atoms with van der Waals surface area (Å²) in [6.07, 6.45) is 0.514. The molecule has 2 N–H and O–H groups in total. The van der Waals surface area contributed by atoms with Crippen LogP contribution in [0.1, 0.15) is 6.42 Å². The van der Waals surface area contributed by atoms with Crippen molar-refractivity contribution >= 4 is 23.4 Å². The number of carbonyl (C=O) groups is 2. The second-order valence-corrected chi connectivity index (χ2v) is 5.14. The summed E-state index contributed by atoms with van der Waals surface area (Å²) >= 11 is 0. The van der Waals surface area contributed by atoms with Crippen molar-refractivity contribution in [1.82, 2.24) is 4.90 Å². The smallest absolute Gasteiger partial charge is 0.321 e. The molecule has 1 aromatic carbocycles. The van der Waals surface area contributed by atoms with E-state index in [4.69, 9.17) is 5.11 Å². The van der Waals surface area contributed by atoms with Crippen LogP contribution in [0.2, 0.25) is 0 Å². The summed E-state index contributed by atoms with van der Waals surface area (Å²) < 4.78 is 0. The van der Waals surface area contributed by atoms with Gasteiger partial charge in [-0.25, -0.2) is 4.79 Å². The third-order valence-electron chi connectivity index (χ3n) is 3.44. The Morgan fingerprint density at radius 2 is 2.15 bits per heavy atom. The predicted molar refractivity (Wildman–Crippen MR) is 77.1 cm³/mol. The number of benzene rings is 1. The zero-order valence-electron chi connectivity index (χ0n) is 11.7. The van der Waals surface area contributed by atoms with E-state index in [0.29, 0.717) is 18.7 Å². The van der Waals surface area contributed by atoms with Crippen molar-refractivity contribution in [3.8, 4) is 0 Å². The van der Waals surface area contributed by atoms with Gasteiger partial charge in [-0.2, -0.15) is 0 Å². The summed E-state index contributed by atoms with van der Waals surface area (Å²) in [5.41, 5.74) is 1.70. The highest BCUT2D eigenvalue weighted by atomic mass is 16.4. The van der Waals surface area contributed by atoms with E-state index in [1.54, 1.807) is 4.90 Å². The number of rotatable bonds is 3. The molecule has 0 aliphatic carbocycles. The maximum atomic E-state index is 12.1. The monoisotopic (exact) mass is 277 g/mol. The number of carboxylic acid groups (broad SMARTS) is 1. The van der Waals surface area contributed by atoms with Crippen LogP contribution in [-0.2, 0) is 4.79 Å². The molecular formula is C14H19N3O3. The van der Waals surface area contributed by atoms with Crippen LogP contribution in [0, 0.1) is 5.92 Å². The summed E-state index contributed by atoms with van der Waals surface area (Å²) in [6.45, 7) is 0.755. The fraction of sp³-hybridized carbons (Fsp3) is 0.429. The van der Waals surface area contributed by atoms with Gasteiger partial charge in [0.15, 0.2) is 0 Å². The van der Waals surface area contributed by atoms with E-state index in [1.807, 2.05) is 43.3 Å². The number of amides is 2. The first kappa shape index (κ1) is 14.2. The summed E-state index contributed by atoms with van der Waals surface area (Å²) in [6, 6.07) is 7.27. The molecule has 1 saturated heterocycles. The molecule has 6 heteroatoms. The molecule has 0 spiro atoms. The molecule has 1 aliphatic heterocycles. The van der Waals surface area contributed by atoms with Crippen LogP contribution in [0.25, 0.3) is 0 Å². The summed E-state index contributed by atoms with van der Waals surface area (Å²) in [7, 11) is 3.86. The molecule has 0 aromatic heterocycles. The second kappa shape index (κ2) is 5.81. The standard InChI is InChI=1S/C14H19N3O3/c1-16(2)12-5-3-4-11(8-12)15-14(20)17-7-6-10(9-17)13(18)19/h3-5,8,10H,6-7,9H2,1-2H3,(H,15,20)(H,18,19). The number of hydrogen-bond acceptors (Lipinski definition) is 3. The van der Waals surface area contributed by atoms with Gasteiger partial charge < -0.3 is 20.2 Å². The van der Waals surface area contributed by atoms with Gasteiger partial charge in [-0.1, -0.05) is 6.07 Å². The minimum Gasteiger partial charge on any atom is -0.481 e. The zero-order valence-corrected chi connectivity index (χ0v) is 11.7. The van der Waals surface area contributed by atoms with Crippen molar-refractivity contribution in [2.75, 3.05) is 37.4 Å². The van der Waals surface area contributed by atoms with Gasteiger partial charge in [-0.05, 0) is 24.6 Å². The number of aliphatic carboxylic acids is 1. The summed E-state index contributed by atoms with van der Waals surface area (Å²) in [5.74, 6) is -1.29. The first-order valence-electron chi connectivity index (χ1n) is 6.53. The van der Waals surface area contributed by atoms with Crippen molar-refractivity contribution in [2.24, 2.45) is 5.92 Å². The Bertz CT molecular complexity index is 516. The molecule has 1 unspecified atom stereocenters. The van der Waals surface area contributed by atoms with Gasteiger partial charge in [0.1, 0.15) is 0 Å². The van der Waals surface area contributed by atoms with E-state index in [0.717, 1.165) is 5.69 Å². The first-order valence-corrected chi connectivity index (χ1v) is 6.53. The number of urea groups is 1. The van der Waals surface area contributed by atoms with Crippen molar-refractivity contribution in [2.45, 2.75) is 6.42 Å². The molecule has 6 nitrogen and oxygen atoms in total. The Labute approximate surface area is 118 Å². The molecule has 1 aromatic rings. The fourth-order valence-corrected chi connectivity index (χ4v) is 2.21. The highest BCUT2D eigenvalue weighted by Crippen LogP contribution is 2.20. The predicted octanol–water partition coefficient (Wildman–Crippen LogP) is 1.69. The lowest BCUT2D eigenvalue weighted by Crippen LogP contribution is -2.33. The number of hydrogen-bond donors (Lipinski definition) is 2. The van der Waals surface area contributed by atoms with E-state index in [2.05, 4.69) is 5.32 Å². The Balaban J connectivity index is 1.98. The lowest BCUT2D eigenvalue weighted by molar-refractivity contribution is -0.141. The molecule has 0 bridgehead atoms. The Kier molecular flexibility index (Phi) is 4.12. The molecule has 1 heterocycles. The number of likely N-dealkylation sites (tertiary alicyclic amines) is 1. The maximum absolute atomic E-state index is 12.1. The second-order valence-electron chi connectivity index (χ2n) is 5.14. The number of carbonyl (C=O) groups excluding carboxylic acids is 1. The topological polar surface area (TPSA) is 72.9 Å². The van der Waals surface area contributed by atoms with Crippen LogP contribution in [0.3, 0.4) is 0 Å². The molecule has 2 rings (SSSR count). The van der Waals surface area contributed by atoms with E-state index >= 15 is 0 Å². The average Bonchev–Trinajstić information content (AvgIpc) is 2.88. The normalized spacial score (nSPS) is 17.9. The SMILES string of the molecule is CN(C)c1cccc(NC(=O)N2CCC(C(=O)O)C2)c1. The lowest BCUT2D eigenvalue weighted by atomic mass is 10.1. The van der Waals surface area contributed by atoms with Gasteiger partial charge in [0.05, 0.1) is 5.92 Å². The Morgan fingerprint density at radius 1 is 1.40 bits per heavy atom. The van der Waals surface area contributed by atoms with Crippen molar-refractivity contribution in [3.05, 3.63) is 24.3 Å². The molecule has 108 valence electrons. The highest BCUT2D eigenvalue weighted by molar-refractivity contribution is 5.90. The molecule has 1 atom stereocenters. The first-order chi connectivity index (χ1) is 9.47. The van der Waals surface area contributed by atoms with Gasteiger partial charge in [0.2, 0.25) is 0 Å². The highest BCUT2D eigenvalue weighted by Gasteiger charge is 2.30. The Morgan fingerprint density at radius 3 is 2.75 bits per heavy atom. The Hall–Kier alpha value is -2.24. The van der Waals surface area contributed by atoms with Crippen LogP contribution >= 0.6 is 0 Å². The van der Waals surface area contributed by atoms with Crippen LogP contribution in [-0.4, -0.2) is 49.2 Å². The minimum atomic E-state index is -0.838. The van der Waals surface area contributed by atoms with E-state index in [9.17, 15) is 9.59 Å². The van der Waals surface area contributed by atoms with Crippen LogP contribution in [0.15, 0.2) is 24.3 Å². The average molecular weight is 277 g/mol. The summed E-state index contributed by atoms with van der Waals surface area (Å²) in [4.78, 5) is 26.4. The molecule has 1 fully saturated rings. The van der Waals surface area contributed by atoms with Crippen LogP contribution < -0.4 is 10.2 Å². The molecular weight excluding hydrogens is 258 g/mol. The van der Waals surface area contributed by atoms with Gasteiger partial charge in [0, 0.05) is 38.6 Å². The molecule has 2 amide bonds. The number of nitrogens with zero attached hydrogens (tertiary/aromatic N) is 2. The van der Waals surface area contributed by atoms with Crippen LogP contribution in [0.5, 0.6) is 0 Å². The minimum absolute atomic E-state index is 0.246. The summed E-state index contributed by atoms with van der Waals surface area (Å²) in [5, 5.41) is 11.7. The van der Waals surface area contributed by atoms with Crippen molar-refractivity contribution in [3.63, 3.8) is 0 Å².